The molecule has 0 aromatic carbocycles. The summed E-state index contributed by atoms with van der Waals surface area (Å²) in [5.74, 6) is 1.14. The van der Waals surface area contributed by atoms with Crippen LogP contribution in [-0.4, -0.2) is 10.4 Å². The molecule has 1 unspecified atom stereocenters. The van der Waals surface area contributed by atoms with Crippen molar-refractivity contribution in [2.24, 2.45) is 11.3 Å². The van der Waals surface area contributed by atoms with Gasteiger partial charge in [0.1, 0.15) is 0 Å². The number of rotatable bonds is 2. The summed E-state index contributed by atoms with van der Waals surface area (Å²) in [5, 5.41) is 0. The van der Waals surface area contributed by atoms with Gasteiger partial charge in [0.2, 0.25) is 0 Å². The predicted molar refractivity (Wildman–Crippen MR) is 77.5 cm³/mol. The fraction of sp³-hybridized carbons (Fsp3) is 0.706. The van der Waals surface area contributed by atoms with E-state index in [0.29, 0.717) is 18.2 Å². The summed E-state index contributed by atoms with van der Waals surface area (Å²) in [6, 6.07) is 2.60. The van der Waals surface area contributed by atoms with Crippen molar-refractivity contribution in [1.82, 2.24) is 4.57 Å². The highest BCUT2D eigenvalue weighted by Gasteiger charge is 2.34. The van der Waals surface area contributed by atoms with E-state index in [0.717, 1.165) is 17.9 Å². The Morgan fingerprint density at radius 3 is 2.63 bits per heavy atom. The highest BCUT2D eigenvalue weighted by Crippen LogP contribution is 2.40. The van der Waals surface area contributed by atoms with Crippen LogP contribution in [0, 0.1) is 11.3 Å². The van der Waals surface area contributed by atoms with E-state index in [2.05, 4.69) is 37.6 Å². The Hall–Kier alpha value is -1.05. The van der Waals surface area contributed by atoms with Crippen LogP contribution in [-0.2, 0) is 6.42 Å². The van der Waals surface area contributed by atoms with Gasteiger partial charge >= 0.3 is 0 Å². The first-order valence-corrected chi connectivity index (χ1v) is 7.71. The van der Waals surface area contributed by atoms with Crippen molar-refractivity contribution in [3.05, 3.63) is 23.5 Å². The maximum Gasteiger partial charge on any atom is 0.165 e. The summed E-state index contributed by atoms with van der Waals surface area (Å²) in [7, 11) is 0. The van der Waals surface area contributed by atoms with E-state index in [1.165, 1.54) is 31.4 Å². The lowest BCUT2D eigenvalue weighted by molar-refractivity contribution is 0.0908. The maximum atomic E-state index is 12.2. The molecule has 2 nitrogen and oxygen atoms in total. The number of aromatic nitrogens is 1. The number of hydrogen-bond acceptors (Lipinski definition) is 1. The number of fused-ring (bicyclic) bond motifs is 1. The van der Waals surface area contributed by atoms with Gasteiger partial charge in [0.25, 0.3) is 0 Å². The monoisotopic (exact) mass is 259 g/mol. The van der Waals surface area contributed by atoms with Crippen LogP contribution in [0.1, 0.15) is 75.0 Å². The van der Waals surface area contributed by atoms with Crippen LogP contribution in [0.25, 0.3) is 0 Å². The van der Waals surface area contributed by atoms with Gasteiger partial charge in [-0.25, -0.2) is 0 Å². The highest BCUT2D eigenvalue weighted by atomic mass is 16.1. The van der Waals surface area contributed by atoms with E-state index in [1.807, 2.05) is 0 Å². The third-order valence-corrected chi connectivity index (χ3v) is 5.13. The molecule has 19 heavy (non-hydrogen) atoms. The first kappa shape index (κ1) is 13.0. The molecule has 1 aromatic heterocycles. The molecule has 2 heteroatoms. The van der Waals surface area contributed by atoms with Crippen molar-refractivity contribution >= 4 is 5.78 Å². The molecule has 0 N–H and O–H groups in total. The van der Waals surface area contributed by atoms with Crippen LogP contribution < -0.4 is 0 Å². The largest absolute Gasteiger partial charge is 0.348 e. The number of Topliss-reactive ketones (excluding diaryl/α,β-unsaturated/α-hetero) is 1. The van der Waals surface area contributed by atoms with E-state index < -0.39 is 0 Å². The van der Waals surface area contributed by atoms with E-state index in [-0.39, 0.29) is 5.41 Å². The van der Waals surface area contributed by atoms with E-state index in [1.54, 1.807) is 0 Å². The van der Waals surface area contributed by atoms with Gasteiger partial charge in [-0.15, -0.1) is 0 Å². The predicted octanol–water partition coefficient (Wildman–Crippen LogP) is 4.39. The molecule has 1 heterocycles. The molecule has 0 radical (unpaired) electrons. The van der Waals surface area contributed by atoms with E-state index in [4.69, 9.17) is 0 Å². The van der Waals surface area contributed by atoms with Crippen molar-refractivity contribution < 1.29 is 4.79 Å². The minimum atomic E-state index is 0.121. The van der Waals surface area contributed by atoms with Crippen LogP contribution in [0.4, 0.5) is 0 Å². The summed E-state index contributed by atoms with van der Waals surface area (Å²) in [5.41, 5.74) is 2.40. The molecule has 2 aliphatic carbocycles. The Morgan fingerprint density at radius 1 is 1.26 bits per heavy atom. The summed E-state index contributed by atoms with van der Waals surface area (Å²) in [6.07, 6.45) is 9.36. The van der Waals surface area contributed by atoms with Gasteiger partial charge in [0, 0.05) is 29.9 Å². The maximum absolute atomic E-state index is 12.2. The molecule has 1 saturated carbocycles. The average molecular weight is 259 g/mol. The Kier molecular flexibility index (Phi) is 3.07. The molecule has 0 amide bonds. The lowest BCUT2D eigenvalue weighted by Crippen LogP contribution is -2.29. The molecule has 0 bridgehead atoms. The molecule has 2 aliphatic rings. The highest BCUT2D eigenvalue weighted by molar-refractivity contribution is 5.98. The van der Waals surface area contributed by atoms with Gasteiger partial charge in [0.15, 0.2) is 5.78 Å². The minimum Gasteiger partial charge on any atom is -0.348 e. The minimum absolute atomic E-state index is 0.121. The second-order valence-corrected chi connectivity index (χ2v) is 7.31. The Balaban J connectivity index is 1.94. The van der Waals surface area contributed by atoms with Crippen LogP contribution in [0.5, 0.6) is 0 Å². The quantitative estimate of drug-likeness (QED) is 0.772. The molecule has 0 saturated heterocycles. The van der Waals surface area contributed by atoms with Crippen LogP contribution in [0.2, 0.25) is 0 Å². The van der Waals surface area contributed by atoms with Crippen molar-refractivity contribution in [3.63, 3.8) is 0 Å². The Morgan fingerprint density at radius 2 is 1.95 bits per heavy atom. The standard InChI is InChI=1S/C17H25NO/c1-12(13-6-4-5-7-13)18-9-8-14-15(18)10-17(2,3)11-16(14)19/h8-9,12-13H,4-7,10-11H2,1-3H3. The van der Waals surface area contributed by atoms with E-state index >= 15 is 0 Å². The van der Waals surface area contributed by atoms with Gasteiger partial charge in [-0.1, -0.05) is 26.7 Å². The molecule has 0 spiro atoms. The molecule has 0 aliphatic heterocycles. The number of carbonyl (C=O) groups is 1. The van der Waals surface area contributed by atoms with E-state index in [9.17, 15) is 4.79 Å². The van der Waals surface area contributed by atoms with Crippen LogP contribution in [0.3, 0.4) is 0 Å². The fourth-order valence-electron chi connectivity index (χ4n) is 4.01. The number of carbonyl (C=O) groups excluding carboxylic acids is 1. The van der Waals surface area contributed by atoms with Crippen LogP contribution >= 0.6 is 0 Å². The molecule has 1 aromatic rings. The average Bonchev–Trinajstić information content (AvgIpc) is 2.94. The second kappa shape index (κ2) is 4.50. The van der Waals surface area contributed by atoms with Gasteiger partial charge < -0.3 is 4.57 Å². The lowest BCUT2D eigenvalue weighted by atomic mass is 9.76. The first-order chi connectivity index (χ1) is 8.98. The molecule has 1 fully saturated rings. The van der Waals surface area contributed by atoms with Crippen molar-refractivity contribution in [2.75, 3.05) is 0 Å². The lowest BCUT2D eigenvalue weighted by Gasteiger charge is -2.32. The van der Waals surface area contributed by atoms with Gasteiger partial charge in [-0.05, 0) is 43.6 Å². The smallest absolute Gasteiger partial charge is 0.165 e. The van der Waals surface area contributed by atoms with Crippen LogP contribution in [0.15, 0.2) is 12.3 Å². The normalized spacial score (nSPS) is 24.5. The summed E-state index contributed by atoms with van der Waals surface area (Å²) < 4.78 is 2.41. The zero-order valence-corrected chi connectivity index (χ0v) is 12.4. The van der Waals surface area contributed by atoms with Gasteiger partial charge in [-0.3, -0.25) is 4.79 Å². The second-order valence-electron chi connectivity index (χ2n) is 7.31. The number of nitrogens with zero attached hydrogens (tertiary/aromatic N) is 1. The molecular formula is C17H25NO. The number of ketones is 1. The van der Waals surface area contributed by atoms with Gasteiger partial charge in [0.05, 0.1) is 0 Å². The Labute approximate surface area is 116 Å². The van der Waals surface area contributed by atoms with Gasteiger partial charge in [-0.2, -0.15) is 0 Å². The zero-order chi connectivity index (χ0) is 13.6. The third kappa shape index (κ3) is 2.26. The van der Waals surface area contributed by atoms with Crippen molar-refractivity contribution in [3.8, 4) is 0 Å². The summed E-state index contributed by atoms with van der Waals surface area (Å²) >= 11 is 0. The van der Waals surface area contributed by atoms with Crippen molar-refractivity contribution in [1.29, 1.82) is 0 Å². The van der Waals surface area contributed by atoms with Crippen molar-refractivity contribution in [2.45, 2.75) is 65.3 Å². The molecule has 104 valence electrons. The fourth-order valence-corrected chi connectivity index (χ4v) is 4.01. The summed E-state index contributed by atoms with van der Waals surface area (Å²) in [4.78, 5) is 12.2. The SMILES string of the molecule is CC(C1CCCC1)n1ccc2c1CC(C)(C)CC2=O. The molecular weight excluding hydrogens is 234 g/mol. The first-order valence-electron chi connectivity index (χ1n) is 7.71. The number of hydrogen-bond donors (Lipinski definition) is 0. The topological polar surface area (TPSA) is 22.0 Å². The zero-order valence-electron chi connectivity index (χ0n) is 12.4. The third-order valence-electron chi connectivity index (χ3n) is 5.13. The molecule has 3 rings (SSSR count). The summed E-state index contributed by atoms with van der Waals surface area (Å²) in [6.45, 7) is 6.76. The molecule has 1 atom stereocenters. The Bertz CT molecular complexity index is 491.